The highest BCUT2D eigenvalue weighted by molar-refractivity contribution is 9.10. The lowest BCUT2D eigenvalue weighted by atomic mass is 10.1. The van der Waals surface area contributed by atoms with Gasteiger partial charge in [0.2, 0.25) is 0 Å². The van der Waals surface area contributed by atoms with Crippen LogP contribution in [-0.4, -0.2) is 46.6 Å². The molecule has 2 heterocycles. The lowest BCUT2D eigenvalue weighted by molar-refractivity contribution is 0.0523. The number of hydrogen-bond acceptors (Lipinski definition) is 4. The molecule has 2 aromatic rings. The maximum absolute atomic E-state index is 13.2. The number of alkyl carbamates (subject to hydrolysis) is 1. The molecule has 1 atom stereocenters. The van der Waals surface area contributed by atoms with Crippen molar-refractivity contribution >= 4 is 38.8 Å². The van der Waals surface area contributed by atoms with Crippen molar-refractivity contribution in [1.29, 1.82) is 0 Å². The summed E-state index contributed by atoms with van der Waals surface area (Å²) in [6.45, 7) is 6.71. The molecule has 0 radical (unpaired) electrons. The van der Waals surface area contributed by atoms with Crippen molar-refractivity contribution in [1.82, 2.24) is 15.2 Å². The van der Waals surface area contributed by atoms with Crippen molar-refractivity contribution in [2.75, 3.05) is 13.1 Å². The van der Waals surface area contributed by atoms with Crippen LogP contribution in [0.5, 0.6) is 0 Å². The predicted octanol–water partition coefficient (Wildman–Crippen LogP) is 4.52. The summed E-state index contributed by atoms with van der Waals surface area (Å²) in [5.74, 6) is 0.0188. The molecule has 7 heteroatoms. The lowest BCUT2D eigenvalue weighted by Crippen LogP contribution is -2.39. The van der Waals surface area contributed by atoms with Gasteiger partial charge < -0.3 is 15.0 Å². The van der Waals surface area contributed by atoms with Crippen molar-refractivity contribution < 1.29 is 14.3 Å². The van der Waals surface area contributed by atoms with Gasteiger partial charge in [-0.3, -0.25) is 9.78 Å². The number of rotatable bonds is 4. The maximum atomic E-state index is 13.2. The van der Waals surface area contributed by atoms with Crippen molar-refractivity contribution in [2.45, 2.75) is 51.7 Å². The van der Waals surface area contributed by atoms with E-state index in [4.69, 9.17) is 4.74 Å². The Morgan fingerprint density at radius 3 is 2.86 bits per heavy atom. The molecule has 1 N–H and O–H groups in total. The van der Waals surface area contributed by atoms with Gasteiger partial charge in [0.1, 0.15) is 5.60 Å². The third-order valence-corrected chi connectivity index (χ3v) is 5.21. The Balaban J connectivity index is 1.67. The fourth-order valence-electron chi connectivity index (χ4n) is 3.52. The summed E-state index contributed by atoms with van der Waals surface area (Å²) < 4.78 is 6.18. The van der Waals surface area contributed by atoms with Crippen LogP contribution in [0.3, 0.4) is 0 Å². The zero-order chi connectivity index (χ0) is 20.3. The molecule has 6 nitrogen and oxygen atoms in total. The van der Waals surface area contributed by atoms with Crippen molar-refractivity contribution in [3.8, 4) is 0 Å². The summed E-state index contributed by atoms with van der Waals surface area (Å²) in [6, 6.07) is 7.65. The van der Waals surface area contributed by atoms with E-state index in [2.05, 4.69) is 26.2 Å². The minimum atomic E-state index is -0.518. The van der Waals surface area contributed by atoms with E-state index < -0.39 is 11.7 Å². The first-order valence-electron chi connectivity index (χ1n) is 9.57. The van der Waals surface area contributed by atoms with Gasteiger partial charge in [0.25, 0.3) is 5.91 Å². The summed E-state index contributed by atoms with van der Waals surface area (Å²) in [5.41, 5.74) is 0.950. The Morgan fingerprint density at radius 2 is 2.11 bits per heavy atom. The van der Waals surface area contributed by atoms with E-state index in [9.17, 15) is 9.59 Å². The first-order valence-corrected chi connectivity index (χ1v) is 10.4. The summed E-state index contributed by atoms with van der Waals surface area (Å²) in [6.07, 6.45) is 3.87. The molecule has 0 bridgehead atoms. The average Bonchev–Trinajstić information content (AvgIpc) is 3.07. The van der Waals surface area contributed by atoms with Crippen molar-refractivity contribution in [3.63, 3.8) is 0 Å². The van der Waals surface area contributed by atoms with Crippen LogP contribution in [0.2, 0.25) is 0 Å². The fraction of sp³-hybridized carbons (Fsp3) is 0.476. The van der Waals surface area contributed by atoms with E-state index in [1.807, 2.05) is 43.9 Å². The van der Waals surface area contributed by atoms with Crippen LogP contribution in [0.4, 0.5) is 4.79 Å². The molecule has 1 aliphatic heterocycles. The molecule has 1 unspecified atom stereocenters. The number of benzene rings is 1. The van der Waals surface area contributed by atoms with Gasteiger partial charge in [-0.05, 0) is 64.3 Å². The first-order chi connectivity index (χ1) is 13.2. The molecule has 0 spiro atoms. The van der Waals surface area contributed by atoms with Gasteiger partial charge in [0.05, 0.1) is 11.1 Å². The first kappa shape index (κ1) is 20.6. The summed E-state index contributed by atoms with van der Waals surface area (Å²) >= 11 is 3.47. The van der Waals surface area contributed by atoms with Crippen molar-refractivity contribution in [3.05, 3.63) is 40.5 Å². The standard InChI is InChI=1S/C21H26BrN3O3/c1-21(2,3)28-20(27)24-10-8-15-5-4-12-25(15)19(26)16-9-11-23-18-7-6-14(22)13-17(16)18/h6-7,9,11,13,15H,4-5,8,10,12H2,1-3H3,(H,24,27). The van der Waals surface area contributed by atoms with Crippen LogP contribution < -0.4 is 5.32 Å². The highest BCUT2D eigenvalue weighted by Crippen LogP contribution is 2.27. The number of nitrogens with one attached hydrogen (secondary N) is 1. The number of carbonyl (C=O) groups is 2. The molecule has 0 aliphatic carbocycles. The van der Waals surface area contributed by atoms with Crippen molar-refractivity contribution in [2.24, 2.45) is 0 Å². The molecule has 1 fully saturated rings. The molecule has 1 aliphatic rings. The number of aromatic nitrogens is 1. The highest BCUT2D eigenvalue weighted by Gasteiger charge is 2.30. The molecule has 1 saturated heterocycles. The molecule has 2 amide bonds. The van der Waals surface area contributed by atoms with Gasteiger partial charge in [0.15, 0.2) is 0 Å². The number of pyridine rings is 1. The van der Waals surface area contributed by atoms with Crippen LogP contribution in [0.25, 0.3) is 10.9 Å². The number of ether oxygens (including phenoxy) is 1. The quantitative estimate of drug-likeness (QED) is 0.747. The van der Waals surface area contributed by atoms with Crippen LogP contribution in [0.15, 0.2) is 34.9 Å². The Bertz CT molecular complexity index is 879. The molecule has 150 valence electrons. The van der Waals surface area contributed by atoms with Gasteiger partial charge in [-0.15, -0.1) is 0 Å². The number of amides is 2. The Morgan fingerprint density at radius 1 is 1.32 bits per heavy atom. The topological polar surface area (TPSA) is 71.5 Å². The minimum Gasteiger partial charge on any atom is -0.444 e. The third kappa shape index (κ3) is 5.01. The molecule has 28 heavy (non-hydrogen) atoms. The van der Waals surface area contributed by atoms with Gasteiger partial charge in [-0.25, -0.2) is 4.79 Å². The highest BCUT2D eigenvalue weighted by atomic mass is 79.9. The van der Waals surface area contributed by atoms with E-state index in [0.29, 0.717) is 18.5 Å². The molecule has 3 rings (SSSR count). The SMILES string of the molecule is CC(C)(C)OC(=O)NCCC1CCCN1C(=O)c1ccnc2ccc(Br)cc12. The molecule has 0 saturated carbocycles. The minimum absolute atomic E-state index is 0.0188. The zero-order valence-electron chi connectivity index (χ0n) is 16.5. The Kier molecular flexibility index (Phi) is 6.23. The largest absolute Gasteiger partial charge is 0.444 e. The van der Waals surface area contributed by atoms with E-state index in [1.54, 1.807) is 12.3 Å². The number of hydrogen-bond donors (Lipinski definition) is 1. The van der Waals surface area contributed by atoms with Crippen LogP contribution in [-0.2, 0) is 4.74 Å². The van der Waals surface area contributed by atoms with Gasteiger partial charge in [0, 0.05) is 35.2 Å². The van der Waals surface area contributed by atoms with Crippen LogP contribution in [0, 0.1) is 0 Å². The number of halogens is 1. The second kappa shape index (κ2) is 8.47. The second-order valence-corrected chi connectivity index (χ2v) is 8.95. The second-order valence-electron chi connectivity index (χ2n) is 8.03. The number of likely N-dealkylation sites (tertiary alicyclic amines) is 1. The Labute approximate surface area is 173 Å². The predicted molar refractivity (Wildman–Crippen MR) is 112 cm³/mol. The third-order valence-electron chi connectivity index (χ3n) is 4.72. The summed E-state index contributed by atoms with van der Waals surface area (Å²) in [7, 11) is 0. The molecule has 1 aromatic heterocycles. The van der Waals surface area contributed by atoms with E-state index in [1.165, 1.54) is 0 Å². The lowest BCUT2D eigenvalue weighted by Gasteiger charge is -2.26. The average molecular weight is 448 g/mol. The van der Waals surface area contributed by atoms with Crippen LogP contribution in [0.1, 0.15) is 50.4 Å². The van der Waals surface area contributed by atoms with E-state index in [0.717, 1.165) is 34.8 Å². The molecule has 1 aromatic carbocycles. The number of carbonyl (C=O) groups excluding carboxylic acids is 2. The van der Waals surface area contributed by atoms with Crippen LogP contribution >= 0.6 is 15.9 Å². The smallest absolute Gasteiger partial charge is 0.407 e. The number of nitrogens with zero attached hydrogens (tertiary/aromatic N) is 2. The molecular formula is C21H26BrN3O3. The fourth-order valence-corrected chi connectivity index (χ4v) is 3.88. The van der Waals surface area contributed by atoms with Gasteiger partial charge in [-0.1, -0.05) is 15.9 Å². The maximum Gasteiger partial charge on any atom is 0.407 e. The summed E-state index contributed by atoms with van der Waals surface area (Å²) in [5, 5.41) is 3.63. The number of fused-ring (bicyclic) bond motifs is 1. The Hall–Kier alpha value is -2.15. The van der Waals surface area contributed by atoms with E-state index >= 15 is 0 Å². The normalized spacial score (nSPS) is 17.0. The van der Waals surface area contributed by atoms with E-state index in [-0.39, 0.29) is 11.9 Å². The monoisotopic (exact) mass is 447 g/mol. The molecular weight excluding hydrogens is 422 g/mol. The summed E-state index contributed by atoms with van der Waals surface area (Å²) in [4.78, 5) is 31.3. The van der Waals surface area contributed by atoms with Gasteiger partial charge >= 0.3 is 6.09 Å². The zero-order valence-corrected chi connectivity index (χ0v) is 18.1. The van der Waals surface area contributed by atoms with Gasteiger partial charge in [-0.2, -0.15) is 0 Å².